The van der Waals surface area contributed by atoms with E-state index in [1.54, 1.807) is 6.92 Å². The van der Waals surface area contributed by atoms with E-state index in [1.807, 2.05) is 66.2 Å². The number of hydrogen-bond acceptors (Lipinski definition) is 4. The first-order valence-corrected chi connectivity index (χ1v) is 10.8. The van der Waals surface area contributed by atoms with Gasteiger partial charge < -0.3 is 15.2 Å². The summed E-state index contributed by atoms with van der Waals surface area (Å²) in [6, 6.07) is 16.3. The van der Waals surface area contributed by atoms with Crippen LogP contribution in [0.1, 0.15) is 37.2 Å². The second-order valence-corrected chi connectivity index (χ2v) is 8.73. The summed E-state index contributed by atoms with van der Waals surface area (Å²) in [5.41, 5.74) is 1.73. The summed E-state index contributed by atoms with van der Waals surface area (Å²) in [4.78, 5) is 44.2. The first-order valence-electron chi connectivity index (χ1n) is 10.8. The third-order valence-corrected chi connectivity index (χ3v) is 6.51. The van der Waals surface area contributed by atoms with Crippen molar-refractivity contribution in [2.75, 3.05) is 6.54 Å². The number of imide groups is 1. The fourth-order valence-electron chi connectivity index (χ4n) is 4.51. The van der Waals surface area contributed by atoms with Crippen LogP contribution >= 0.6 is 0 Å². The van der Waals surface area contributed by atoms with E-state index in [4.69, 9.17) is 4.98 Å². The number of imidazole rings is 1. The number of benzene rings is 2. The molecule has 2 atom stereocenters. The van der Waals surface area contributed by atoms with Gasteiger partial charge in [-0.05, 0) is 43.4 Å². The number of carbonyl (C=O) groups is 3. The number of rotatable bonds is 6. The molecule has 2 heterocycles. The number of nitrogens with one attached hydrogen (secondary N) is 2. The lowest BCUT2D eigenvalue weighted by Crippen LogP contribution is -2.47. The highest BCUT2D eigenvalue weighted by Crippen LogP contribution is 2.42. The summed E-state index contributed by atoms with van der Waals surface area (Å²) < 4.78 is 1.95. The number of fused-ring (bicyclic) bond motifs is 1. The summed E-state index contributed by atoms with van der Waals surface area (Å²) in [7, 11) is 1.91. The van der Waals surface area contributed by atoms with Crippen LogP contribution in [0.2, 0.25) is 0 Å². The van der Waals surface area contributed by atoms with E-state index in [9.17, 15) is 14.4 Å². The van der Waals surface area contributed by atoms with Gasteiger partial charge in [0.25, 0.3) is 5.91 Å². The van der Waals surface area contributed by atoms with Gasteiger partial charge in [-0.3, -0.25) is 14.5 Å². The molecular weight excluding hydrogens is 406 g/mol. The Morgan fingerprint density at radius 2 is 1.84 bits per heavy atom. The smallest absolute Gasteiger partial charge is 0.325 e. The highest BCUT2D eigenvalue weighted by molar-refractivity contribution is 6.09. The summed E-state index contributed by atoms with van der Waals surface area (Å²) in [6.07, 6.45) is 1.82. The highest BCUT2D eigenvalue weighted by atomic mass is 16.2. The molecule has 1 saturated carbocycles. The molecule has 1 aliphatic carbocycles. The van der Waals surface area contributed by atoms with E-state index in [2.05, 4.69) is 10.6 Å². The third-order valence-electron chi connectivity index (χ3n) is 6.51. The van der Waals surface area contributed by atoms with Crippen molar-refractivity contribution in [2.24, 2.45) is 13.0 Å². The van der Waals surface area contributed by atoms with Gasteiger partial charge in [0.05, 0.1) is 11.0 Å². The quantitative estimate of drug-likeness (QED) is 0.586. The van der Waals surface area contributed by atoms with Gasteiger partial charge in [0.1, 0.15) is 23.9 Å². The molecule has 0 spiro atoms. The first-order chi connectivity index (χ1) is 15.4. The Hall–Kier alpha value is -3.68. The van der Waals surface area contributed by atoms with Crippen LogP contribution < -0.4 is 10.6 Å². The first kappa shape index (κ1) is 20.2. The minimum Gasteiger partial charge on any atom is -0.341 e. The van der Waals surface area contributed by atoms with Crippen LogP contribution in [0.15, 0.2) is 54.6 Å². The van der Waals surface area contributed by atoms with Crippen molar-refractivity contribution in [3.63, 3.8) is 0 Å². The fourth-order valence-corrected chi connectivity index (χ4v) is 4.51. The van der Waals surface area contributed by atoms with Crippen molar-refractivity contribution < 1.29 is 14.4 Å². The predicted molar refractivity (Wildman–Crippen MR) is 119 cm³/mol. The van der Waals surface area contributed by atoms with Gasteiger partial charge in [-0.2, -0.15) is 0 Å². The molecule has 2 aromatic carbocycles. The van der Waals surface area contributed by atoms with Gasteiger partial charge in [0.15, 0.2) is 0 Å². The van der Waals surface area contributed by atoms with E-state index >= 15 is 0 Å². The molecule has 2 unspecified atom stereocenters. The van der Waals surface area contributed by atoms with Crippen LogP contribution in [0.4, 0.5) is 4.79 Å². The summed E-state index contributed by atoms with van der Waals surface area (Å²) in [5.74, 6) is 0.0587. The number of urea groups is 1. The Balaban J connectivity index is 1.42. The normalized spacial score (nSPS) is 21.6. The molecule has 0 radical (unpaired) electrons. The second kappa shape index (κ2) is 7.47. The van der Waals surface area contributed by atoms with Crippen LogP contribution in [0.25, 0.3) is 11.0 Å². The van der Waals surface area contributed by atoms with Gasteiger partial charge >= 0.3 is 6.03 Å². The molecule has 3 aromatic rings. The molecule has 5 rings (SSSR count). The summed E-state index contributed by atoms with van der Waals surface area (Å²) in [5, 5.41) is 5.78. The highest BCUT2D eigenvalue weighted by Gasteiger charge is 2.56. The van der Waals surface area contributed by atoms with Crippen molar-refractivity contribution in [1.82, 2.24) is 25.1 Å². The predicted octanol–water partition coefficient (Wildman–Crippen LogP) is 2.50. The molecule has 8 nitrogen and oxygen atoms in total. The fraction of sp³-hybridized carbons (Fsp3) is 0.333. The summed E-state index contributed by atoms with van der Waals surface area (Å²) in [6.45, 7) is 1.41. The van der Waals surface area contributed by atoms with Crippen LogP contribution in [-0.4, -0.2) is 44.4 Å². The molecule has 8 heteroatoms. The van der Waals surface area contributed by atoms with E-state index in [0.29, 0.717) is 5.82 Å². The molecule has 32 heavy (non-hydrogen) atoms. The van der Waals surface area contributed by atoms with Gasteiger partial charge in [-0.1, -0.05) is 42.5 Å². The molecule has 2 aliphatic rings. The SMILES string of the molecule is Cn1c(C(NC(=O)CN2C(=O)NC(C)(C3CC3)C2=O)c2ccccc2)nc2ccccc21. The van der Waals surface area contributed by atoms with E-state index < -0.39 is 23.5 Å². The van der Waals surface area contributed by atoms with Gasteiger partial charge in [0, 0.05) is 7.05 Å². The standard InChI is InChI=1S/C24H25N5O3/c1-24(16-12-13-16)22(31)29(23(32)27-24)14-19(30)26-20(15-8-4-3-5-9-15)21-25-17-10-6-7-11-18(17)28(21)2/h3-11,16,20H,12-14H2,1-2H3,(H,26,30)(H,27,32). The van der Waals surface area contributed by atoms with E-state index in [1.165, 1.54) is 0 Å². The van der Waals surface area contributed by atoms with Crippen molar-refractivity contribution in [3.8, 4) is 0 Å². The van der Waals surface area contributed by atoms with E-state index in [0.717, 1.165) is 34.3 Å². The van der Waals surface area contributed by atoms with Gasteiger partial charge in [0.2, 0.25) is 5.91 Å². The molecule has 1 saturated heterocycles. The molecule has 164 valence electrons. The topological polar surface area (TPSA) is 96.3 Å². The Morgan fingerprint density at radius 1 is 1.16 bits per heavy atom. The monoisotopic (exact) mass is 431 g/mol. The zero-order valence-corrected chi connectivity index (χ0v) is 18.0. The maximum atomic E-state index is 13.0. The van der Waals surface area contributed by atoms with Crippen LogP contribution in [0, 0.1) is 5.92 Å². The van der Waals surface area contributed by atoms with Crippen LogP contribution in [-0.2, 0) is 16.6 Å². The second-order valence-electron chi connectivity index (χ2n) is 8.73. The number of hydrogen-bond donors (Lipinski definition) is 2. The van der Waals surface area contributed by atoms with Gasteiger partial charge in [-0.25, -0.2) is 9.78 Å². The molecule has 2 N–H and O–H groups in total. The molecular formula is C24H25N5O3. The maximum absolute atomic E-state index is 13.0. The van der Waals surface area contributed by atoms with Crippen LogP contribution in [0.3, 0.4) is 0 Å². The van der Waals surface area contributed by atoms with Crippen molar-refractivity contribution in [3.05, 3.63) is 66.0 Å². The molecule has 1 aliphatic heterocycles. The zero-order valence-electron chi connectivity index (χ0n) is 18.0. The lowest BCUT2D eigenvalue weighted by molar-refractivity contribution is -0.135. The zero-order chi connectivity index (χ0) is 22.5. The molecule has 2 fully saturated rings. The number of amides is 4. The molecule has 0 bridgehead atoms. The number of carbonyl (C=O) groups excluding carboxylic acids is 3. The number of para-hydroxylation sites is 2. The lowest BCUT2D eigenvalue weighted by atomic mass is 9.96. The number of aryl methyl sites for hydroxylation is 1. The van der Waals surface area contributed by atoms with Crippen molar-refractivity contribution in [1.29, 1.82) is 0 Å². The van der Waals surface area contributed by atoms with Crippen molar-refractivity contribution >= 4 is 28.9 Å². The van der Waals surface area contributed by atoms with Gasteiger partial charge in [-0.15, -0.1) is 0 Å². The molecule has 4 amide bonds. The Labute approximate surface area is 185 Å². The average molecular weight is 431 g/mol. The van der Waals surface area contributed by atoms with E-state index in [-0.39, 0.29) is 18.4 Å². The minimum atomic E-state index is -0.909. The third kappa shape index (κ3) is 3.32. The average Bonchev–Trinajstić information content (AvgIpc) is 3.57. The Kier molecular flexibility index (Phi) is 4.73. The Morgan fingerprint density at radius 3 is 2.53 bits per heavy atom. The van der Waals surface area contributed by atoms with Crippen molar-refractivity contribution in [2.45, 2.75) is 31.3 Å². The Bertz CT molecular complexity index is 1220. The van der Waals surface area contributed by atoms with Crippen LogP contribution in [0.5, 0.6) is 0 Å². The largest absolute Gasteiger partial charge is 0.341 e. The summed E-state index contributed by atoms with van der Waals surface area (Å²) >= 11 is 0. The molecule has 1 aromatic heterocycles. The number of aromatic nitrogens is 2. The maximum Gasteiger partial charge on any atom is 0.325 e. The number of nitrogens with zero attached hydrogens (tertiary/aromatic N) is 3. The lowest BCUT2D eigenvalue weighted by Gasteiger charge is -2.22. The minimum absolute atomic E-state index is 0.143.